The Hall–Kier alpha value is -1.10. The van der Waals surface area contributed by atoms with Crippen molar-refractivity contribution in [2.45, 2.75) is 33.2 Å². The standard InChI is InChI=1S/C17H29NO3/c1-3-5-9-19-10-11-20-12-13-21-17-8-6-7-16(14-17)15-18-4-2/h6-8,14,18H,3-5,9-13,15H2,1-2H3. The van der Waals surface area contributed by atoms with Gasteiger partial charge in [0.25, 0.3) is 0 Å². The Labute approximate surface area is 128 Å². The van der Waals surface area contributed by atoms with E-state index >= 15 is 0 Å². The zero-order valence-corrected chi connectivity index (χ0v) is 13.4. The molecule has 1 aromatic carbocycles. The fraction of sp³-hybridized carbons (Fsp3) is 0.647. The van der Waals surface area contributed by atoms with Crippen LogP contribution in [0.15, 0.2) is 24.3 Å². The van der Waals surface area contributed by atoms with Crippen LogP contribution >= 0.6 is 0 Å². The fourth-order valence-corrected chi connectivity index (χ4v) is 1.80. The highest BCUT2D eigenvalue weighted by atomic mass is 16.5. The molecular formula is C17H29NO3. The lowest BCUT2D eigenvalue weighted by Gasteiger charge is -2.09. The lowest BCUT2D eigenvalue weighted by Crippen LogP contribution is -2.12. The number of ether oxygens (including phenoxy) is 3. The van der Waals surface area contributed by atoms with Gasteiger partial charge >= 0.3 is 0 Å². The van der Waals surface area contributed by atoms with Crippen molar-refractivity contribution in [1.29, 1.82) is 0 Å². The van der Waals surface area contributed by atoms with Crippen LogP contribution in [-0.4, -0.2) is 39.6 Å². The van der Waals surface area contributed by atoms with Gasteiger partial charge in [0.05, 0.1) is 19.8 Å². The highest BCUT2D eigenvalue weighted by Gasteiger charge is 1.97. The van der Waals surface area contributed by atoms with Crippen molar-refractivity contribution in [3.05, 3.63) is 29.8 Å². The molecule has 0 aliphatic carbocycles. The zero-order valence-electron chi connectivity index (χ0n) is 13.4. The summed E-state index contributed by atoms with van der Waals surface area (Å²) in [4.78, 5) is 0. The summed E-state index contributed by atoms with van der Waals surface area (Å²) in [5, 5.41) is 3.30. The molecule has 120 valence electrons. The van der Waals surface area contributed by atoms with Crippen molar-refractivity contribution < 1.29 is 14.2 Å². The molecule has 0 radical (unpaired) electrons. The van der Waals surface area contributed by atoms with Gasteiger partial charge in [-0.05, 0) is 30.7 Å². The van der Waals surface area contributed by atoms with Crippen LogP contribution in [0.4, 0.5) is 0 Å². The molecule has 0 fully saturated rings. The van der Waals surface area contributed by atoms with Crippen molar-refractivity contribution in [2.75, 3.05) is 39.6 Å². The van der Waals surface area contributed by atoms with Crippen LogP contribution in [0, 0.1) is 0 Å². The molecule has 1 rings (SSSR count). The van der Waals surface area contributed by atoms with Crippen molar-refractivity contribution >= 4 is 0 Å². The molecule has 0 saturated heterocycles. The van der Waals surface area contributed by atoms with E-state index in [9.17, 15) is 0 Å². The van der Waals surface area contributed by atoms with Crippen LogP contribution in [0.1, 0.15) is 32.3 Å². The van der Waals surface area contributed by atoms with E-state index < -0.39 is 0 Å². The van der Waals surface area contributed by atoms with Crippen LogP contribution < -0.4 is 10.1 Å². The second-order valence-corrected chi connectivity index (χ2v) is 4.85. The molecule has 0 aliphatic heterocycles. The van der Waals surface area contributed by atoms with Gasteiger partial charge in [-0.3, -0.25) is 0 Å². The molecule has 0 saturated carbocycles. The monoisotopic (exact) mass is 295 g/mol. The topological polar surface area (TPSA) is 39.7 Å². The molecule has 0 aromatic heterocycles. The lowest BCUT2D eigenvalue weighted by atomic mass is 10.2. The average molecular weight is 295 g/mol. The minimum atomic E-state index is 0.569. The third-order valence-electron chi connectivity index (χ3n) is 2.99. The molecule has 0 heterocycles. The molecule has 0 atom stereocenters. The van der Waals surface area contributed by atoms with Crippen LogP contribution in [0.25, 0.3) is 0 Å². The maximum atomic E-state index is 5.68. The molecule has 1 N–H and O–H groups in total. The van der Waals surface area contributed by atoms with Crippen molar-refractivity contribution in [2.24, 2.45) is 0 Å². The van der Waals surface area contributed by atoms with Crippen molar-refractivity contribution in [3.8, 4) is 5.75 Å². The Balaban J connectivity index is 2.04. The minimum Gasteiger partial charge on any atom is -0.491 e. The van der Waals surface area contributed by atoms with Gasteiger partial charge in [-0.2, -0.15) is 0 Å². The summed E-state index contributed by atoms with van der Waals surface area (Å²) in [6.07, 6.45) is 2.29. The largest absolute Gasteiger partial charge is 0.491 e. The first-order chi connectivity index (χ1) is 10.4. The predicted molar refractivity (Wildman–Crippen MR) is 85.9 cm³/mol. The quantitative estimate of drug-likeness (QED) is 0.568. The molecule has 0 aliphatic rings. The zero-order chi connectivity index (χ0) is 15.2. The molecule has 0 spiro atoms. The van der Waals surface area contributed by atoms with E-state index in [2.05, 4.69) is 31.3 Å². The van der Waals surface area contributed by atoms with Crippen molar-refractivity contribution in [3.63, 3.8) is 0 Å². The second-order valence-electron chi connectivity index (χ2n) is 4.85. The summed E-state index contributed by atoms with van der Waals surface area (Å²) in [6, 6.07) is 8.16. The van der Waals surface area contributed by atoms with Crippen LogP contribution in [0.2, 0.25) is 0 Å². The third kappa shape index (κ3) is 9.45. The maximum absolute atomic E-state index is 5.68. The molecule has 0 bridgehead atoms. The highest BCUT2D eigenvalue weighted by molar-refractivity contribution is 5.28. The molecule has 4 nitrogen and oxygen atoms in total. The molecule has 0 unspecified atom stereocenters. The van der Waals surface area contributed by atoms with E-state index in [0.29, 0.717) is 26.4 Å². The SMILES string of the molecule is CCCCOCCOCCOc1cccc(CNCC)c1. The van der Waals surface area contributed by atoms with E-state index in [1.807, 2.05) is 12.1 Å². The Morgan fingerprint density at radius 1 is 0.952 bits per heavy atom. The summed E-state index contributed by atoms with van der Waals surface area (Å²) in [5.74, 6) is 0.896. The first kappa shape index (κ1) is 18.0. The summed E-state index contributed by atoms with van der Waals surface area (Å²) < 4.78 is 16.6. The van der Waals surface area contributed by atoms with Crippen LogP contribution in [-0.2, 0) is 16.0 Å². The van der Waals surface area contributed by atoms with Gasteiger partial charge in [-0.25, -0.2) is 0 Å². The van der Waals surface area contributed by atoms with Crippen LogP contribution in [0.5, 0.6) is 5.75 Å². The van der Waals surface area contributed by atoms with Gasteiger partial charge in [0, 0.05) is 13.2 Å². The number of benzene rings is 1. The van der Waals surface area contributed by atoms with E-state index in [0.717, 1.165) is 31.9 Å². The van der Waals surface area contributed by atoms with Gasteiger partial charge < -0.3 is 19.5 Å². The normalized spacial score (nSPS) is 10.8. The van der Waals surface area contributed by atoms with E-state index in [4.69, 9.17) is 14.2 Å². The second kappa shape index (κ2) is 12.6. The number of rotatable bonds is 13. The van der Waals surface area contributed by atoms with E-state index in [-0.39, 0.29) is 0 Å². The van der Waals surface area contributed by atoms with Gasteiger partial charge in [0.1, 0.15) is 12.4 Å². The molecule has 21 heavy (non-hydrogen) atoms. The number of hydrogen-bond donors (Lipinski definition) is 1. The van der Waals surface area contributed by atoms with E-state index in [1.165, 1.54) is 12.0 Å². The smallest absolute Gasteiger partial charge is 0.119 e. The van der Waals surface area contributed by atoms with Gasteiger partial charge in [-0.1, -0.05) is 32.4 Å². The van der Waals surface area contributed by atoms with E-state index in [1.54, 1.807) is 0 Å². The highest BCUT2D eigenvalue weighted by Crippen LogP contribution is 2.13. The van der Waals surface area contributed by atoms with Gasteiger partial charge in [-0.15, -0.1) is 0 Å². The Morgan fingerprint density at radius 2 is 1.71 bits per heavy atom. The average Bonchev–Trinajstić information content (AvgIpc) is 2.52. The Morgan fingerprint density at radius 3 is 2.48 bits per heavy atom. The fourth-order valence-electron chi connectivity index (χ4n) is 1.80. The van der Waals surface area contributed by atoms with Gasteiger partial charge in [0.15, 0.2) is 0 Å². The third-order valence-corrected chi connectivity index (χ3v) is 2.99. The summed E-state index contributed by atoms with van der Waals surface area (Å²) in [5.41, 5.74) is 1.24. The summed E-state index contributed by atoms with van der Waals surface area (Å²) in [7, 11) is 0. The van der Waals surface area contributed by atoms with Crippen molar-refractivity contribution in [1.82, 2.24) is 5.32 Å². The molecule has 1 aromatic rings. The summed E-state index contributed by atoms with van der Waals surface area (Å²) >= 11 is 0. The first-order valence-corrected chi connectivity index (χ1v) is 7.94. The Bertz CT molecular complexity index is 358. The molecule has 0 amide bonds. The van der Waals surface area contributed by atoms with Crippen LogP contribution in [0.3, 0.4) is 0 Å². The Kier molecular flexibility index (Phi) is 10.8. The molecule has 4 heteroatoms. The minimum absolute atomic E-state index is 0.569. The lowest BCUT2D eigenvalue weighted by molar-refractivity contribution is 0.0355. The maximum Gasteiger partial charge on any atom is 0.119 e. The summed E-state index contributed by atoms with van der Waals surface area (Å²) in [6.45, 7) is 9.39. The van der Waals surface area contributed by atoms with Gasteiger partial charge in [0.2, 0.25) is 0 Å². The number of nitrogens with one attached hydrogen (secondary N) is 1. The number of unbranched alkanes of at least 4 members (excludes halogenated alkanes) is 1. The predicted octanol–water partition coefficient (Wildman–Crippen LogP) is 3.01. The number of hydrogen-bond acceptors (Lipinski definition) is 4. The molecular weight excluding hydrogens is 266 g/mol. The first-order valence-electron chi connectivity index (χ1n) is 7.94.